The van der Waals surface area contributed by atoms with E-state index in [1.807, 2.05) is 51.0 Å². The molecule has 0 fully saturated rings. The van der Waals surface area contributed by atoms with Crippen LogP contribution >= 0.6 is 11.5 Å². The summed E-state index contributed by atoms with van der Waals surface area (Å²) in [5, 5.41) is 0.775. The lowest BCUT2D eigenvalue weighted by Crippen LogP contribution is -2.13. The molecule has 0 atom stereocenters. The fraction of sp³-hybridized carbons (Fsp3) is 0.294. The fourth-order valence-electron chi connectivity index (χ4n) is 2.40. The Balaban J connectivity index is 1.92. The number of anilines is 2. The molecule has 3 heterocycles. The number of nitrogen functional groups attached to an aromatic ring is 1. The van der Waals surface area contributed by atoms with Crippen LogP contribution in [0.15, 0.2) is 30.6 Å². The van der Waals surface area contributed by atoms with Crippen LogP contribution in [-0.2, 0) is 0 Å². The first-order valence-corrected chi connectivity index (χ1v) is 8.62. The van der Waals surface area contributed by atoms with Gasteiger partial charge >= 0.3 is 0 Å². The lowest BCUT2D eigenvalue weighted by Gasteiger charge is -2.17. The predicted molar refractivity (Wildman–Crippen MR) is 101 cm³/mol. The van der Waals surface area contributed by atoms with Gasteiger partial charge in [0.25, 0.3) is 0 Å². The normalized spacial score (nSPS) is 10.9. The molecule has 0 aliphatic heterocycles. The van der Waals surface area contributed by atoms with Crippen molar-refractivity contribution in [3.63, 3.8) is 0 Å². The molecule has 0 aliphatic carbocycles. The van der Waals surface area contributed by atoms with E-state index in [-0.39, 0.29) is 6.10 Å². The van der Waals surface area contributed by atoms with Crippen LogP contribution in [0.3, 0.4) is 0 Å². The van der Waals surface area contributed by atoms with Crippen molar-refractivity contribution in [2.24, 2.45) is 0 Å². The molecule has 0 aliphatic rings. The monoisotopic (exact) mass is 356 g/mol. The van der Waals surface area contributed by atoms with Gasteiger partial charge in [-0.15, -0.1) is 0 Å². The first-order chi connectivity index (χ1) is 12.0. The van der Waals surface area contributed by atoms with E-state index in [4.69, 9.17) is 10.5 Å². The average molecular weight is 356 g/mol. The smallest absolute Gasteiger partial charge is 0.192 e. The Hall–Kier alpha value is -2.74. The maximum atomic E-state index is 6.01. The molecule has 0 radical (unpaired) electrons. The second-order valence-electron chi connectivity index (χ2n) is 5.96. The van der Waals surface area contributed by atoms with E-state index in [1.165, 1.54) is 11.5 Å². The van der Waals surface area contributed by atoms with Crippen LogP contribution in [0.1, 0.15) is 13.8 Å². The average Bonchev–Trinajstić information content (AvgIpc) is 3.04. The molecular weight excluding hydrogens is 336 g/mol. The molecule has 0 saturated carbocycles. The Labute approximate surface area is 150 Å². The summed E-state index contributed by atoms with van der Waals surface area (Å²) < 4.78 is 10.0. The molecule has 0 saturated heterocycles. The molecule has 3 aromatic heterocycles. The highest BCUT2D eigenvalue weighted by Crippen LogP contribution is 2.35. The van der Waals surface area contributed by atoms with E-state index in [1.54, 1.807) is 12.4 Å². The highest BCUT2D eigenvalue weighted by molar-refractivity contribution is 7.09. The maximum Gasteiger partial charge on any atom is 0.192 e. The number of rotatable bonds is 5. The summed E-state index contributed by atoms with van der Waals surface area (Å²) in [4.78, 5) is 15.1. The quantitative estimate of drug-likeness (QED) is 0.751. The Morgan fingerprint density at radius 3 is 2.60 bits per heavy atom. The first kappa shape index (κ1) is 17.1. The van der Waals surface area contributed by atoms with Gasteiger partial charge in [-0.3, -0.25) is 0 Å². The van der Waals surface area contributed by atoms with Crippen molar-refractivity contribution in [1.29, 1.82) is 0 Å². The van der Waals surface area contributed by atoms with E-state index < -0.39 is 0 Å². The summed E-state index contributed by atoms with van der Waals surface area (Å²) in [6.07, 6.45) is 3.47. The lowest BCUT2D eigenvalue weighted by molar-refractivity contribution is 0.241. The van der Waals surface area contributed by atoms with Gasteiger partial charge in [-0.05, 0) is 43.6 Å². The molecule has 0 spiro atoms. The highest BCUT2D eigenvalue weighted by Gasteiger charge is 2.16. The zero-order valence-electron chi connectivity index (χ0n) is 14.6. The van der Waals surface area contributed by atoms with E-state index in [9.17, 15) is 0 Å². The van der Waals surface area contributed by atoms with Crippen LogP contribution in [0.4, 0.5) is 11.5 Å². The lowest BCUT2D eigenvalue weighted by atomic mass is 10.2. The van der Waals surface area contributed by atoms with Crippen molar-refractivity contribution >= 4 is 23.0 Å². The summed E-state index contributed by atoms with van der Waals surface area (Å²) in [5.41, 5.74) is 8.45. The number of pyridine rings is 2. The third kappa shape index (κ3) is 3.69. The predicted octanol–water partition coefficient (Wildman–Crippen LogP) is 3.10. The molecule has 3 rings (SSSR count). The SMILES string of the molecule is CC(C)Oc1ccc(-c2nsc(-c3ccnc(N)c3N(C)C)n2)nc1. The molecule has 0 aromatic carbocycles. The Kier molecular flexibility index (Phi) is 4.80. The zero-order valence-corrected chi connectivity index (χ0v) is 15.4. The van der Waals surface area contributed by atoms with Crippen LogP contribution in [0.2, 0.25) is 0 Å². The van der Waals surface area contributed by atoms with Gasteiger partial charge in [-0.25, -0.2) is 15.0 Å². The van der Waals surface area contributed by atoms with E-state index in [0.29, 0.717) is 17.3 Å². The van der Waals surface area contributed by atoms with Crippen molar-refractivity contribution in [2.75, 3.05) is 24.7 Å². The zero-order chi connectivity index (χ0) is 18.0. The van der Waals surface area contributed by atoms with Crippen molar-refractivity contribution in [3.8, 4) is 27.8 Å². The van der Waals surface area contributed by atoms with E-state index in [2.05, 4.69) is 19.3 Å². The van der Waals surface area contributed by atoms with Crippen molar-refractivity contribution in [2.45, 2.75) is 20.0 Å². The minimum atomic E-state index is 0.109. The van der Waals surface area contributed by atoms with Gasteiger partial charge in [0.2, 0.25) is 0 Å². The van der Waals surface area contributed by atoms with Crippen LogP contribution < -0.4 is 15.4 Å². The van der Waals surface area contributed by atoms with Gasteiger partial charge in [0, 0.05) is 25.9 Å². The third-order valence-corrected chi connectivity index (χ3v) is 4.14. The molecule has 0 bridgehead atoms. The van der Waals surface area contributed by atoms with Crippen molar-refractivity contribution < 1.29 is 4.74 Å². The van der Waals surface area contributed by atoms with Gasteiger partial charge in [0.1, 0.15) is 22.3 Å². The second-order valence-corrected chi connectivity index (χ2v) is 6.71. The van der Waals surface area contributed by atoms with Crippen molar-refractivity contribution in [1.82, 2.24) is 19.3 Å². The summed E-state index contributed by atoms with van der Waals surface area (Å²) >= 11 is 1.31. The molecular formula is C17H20N6OS. The highest BCUT2D eigenvalue weighted by atomic mass is 32.1. The number of hydrogen-bond donors (Lipinski definition) is 1. The molecule has 8 heteroatoms. The Morgan fingerprint density at radius 1 is 1.16 bits per heavy atom. The second kappa shape index (κ2) is 7.02. The first-order valence-electron chi connectivity index (χ1n) is 7.84. The molecule has 2 N–H and O–H groups in total. The standard InChI is InChI=1S/C17H20N6OS/c1-10(2)24-11-5-6-13(20-9-11)16-21-17(25-22-16)12-7-8-19-15(18)14(12)23(3)4/h5-10H,1-4H3,(H2,18,19). The summed E-state index contributed by atoms with van der Waals surface area (Å²) in [7, 11) is 3.85. The molecule has 0 amide bonds. The number of aromatic nitrogens is 4. The van der Waals surface area contributed by atoms with Crippen LogP contribution in [0.25, 0.3) is 22.1 Å². The molecule has 25 heavy (non-hydrogen) atoms. The van der Waals surface area contributed by atoms with E-state index >= 15 is 0 Å². The van der Waals surface area contributed by atoms with E-state index in [0.717, 1.165) is 22.0 Å². The fourth-order valence-corrected chi connectivity index (χ4v) is 3.10. The number of ether oxygens (including phenoxy) is 1. The van der Waals surface area contributed by atoms with Gasteiger partial charge < -0.3 is 15.4 Å². The van der Waals surface area contributed by atoms with Gasteiger partial charge in [-0.2, -0.15) is 4.37 Å². The van der Waals surface area contributed by atoms with Crippen LogP contribution in [0.5, 0.6) is 5.75 Å². The molecule has 7 nitrogen and oxygen atoms in total. The van der Waals surface area contributed by atoms with Gasteiger partial charge in [0.15, 0.2) is 5.82 Å². The topological polar surface area (TPSA) is 90.0 Å². The van der Waals surface area contributed by atoms with Crippen LogP contribution in [-0.4, -0.2) is 39.5 Å². The summed E-state index contributed by atoms with van der Waals surface area (Å²) in [6, 6.07) is 5.62. The largest absolute Gasteiger partial charge is 0.489 e. The molecule has 130 valence electrons. The summed E-state index contributed by atoms with van der Waals surface area (Å²) in [5.74, 6) is 1.77. The third-order valence-electron chi connectivity index (χ3n) is 3.39. The number of nitrogens with zero attached hydrogens (tertiary/aromatic N) is 5. The number of hydrogen-bond acceptors (Lipinski definition) is 8. The Bertz CT molecular complexity index is 860. The summed E-state index contributed by atoms with van der Waals surface area (Å²) in [6.45, 7) is 3.95. The minimum Gasteiger partial charge on any atom is -0.489 e. The van der Waals surface area contributed by atoms with Crippen LogP contribution in [0, 0.1) is 0 Å². The maximum absolute atomic E-state index is 6.01. The Morgan fingerprint density at radius 2 is 1.96 bits per heavy atom. The molecule has 0 unspecified atom stereocenters. The van der Waals surface area contributed by atoms with Gasteiger partial charge in [0.05, 0.1) is 18.0 Å². The molecule has 3 aromatic rings. The number of nitrogens with two attached hydrogens (primary N) is 1. The van der Waals surface area contributed by atoms with Gasteiger partial charge in [-0.1, -0.05) is 0 Å². The van der Waals surface area contributed by atoms with Crippen molar-refractivity contribution in [3.05, 3.63) is 30.6 Å². The minimum absolute atomic E-state index is 0.109.